The third-order valence-electron chi connectivity index (χ3n) is 8.84. The molecule has 3 aliphatic heterocycles. The minimum absolute atomic E-state index is 0.0377. The first-order valence-electron chi connectivity index (χ1n) is 16.5. The molecule has 0 amide bonds. The summed E-state index contributed by atoms with van der Waals surface area (Å²) in [6.45, 7) is -1.55. The minimum Gasteiger partial charge on any atom is -0.575 e. The maximum Gasteiger partial charge on any atom is 0.317 e. The number of ether oxygens (including phenoxy) is 7. The van der Waals surface area contributed by atoms with Crippen LogP contribution in [-0.4, -0.2) is 160 Å². The number of aliphatic hydroxyl groups excluding tert-OH is 6. The normalized spacial score (nSPS) is 31.7. The number of aliphatic hydroxyl groups is 7. The Morgan fingerprint density at radius 2 is 1.33 bits per heavy atom. The van der Waals surface area contributed by atoms with Crippen molar-refractivity contribution in [2.75, 3.05) is 13.2 Å². The van der Waals surface area contributed by atoms with Gasteiger partial charge in [0.2, 0.25) is 12.4 Å². The lowest BCUT2D eigenvalue weighted by molar-refractivity contribution is -0.323. The Kier molecular flexibility index (Phi) is 12.8. The van der Waals surface area contributed by atoms with Gasteiger partial charge in [-0.25, -0.2) is 0 Å². The summed E-state index contributed by atoms with van der Waals surface area (Å²) in [5, 5.41) is 114. The number of carboxylic acids is 2. The van der Waals surface area contributed by atoms with E-state index in [1.165, 1.54) is 12.1 Å². The predicted octanol–water partition coefficient (Wildman–Crippen LogP) is -4.58. The highest BCUT2D eigenvalue weighted by Crippen LogP contribution is 2.46. The number of carboxylic acid groups (broad SMARTS) is 2. The fourth-order valence-corrected chi connectivity index (χ4v) is 6.03. The van der Waals surface area contributed by atoms with Crippen molar-refractivity contribution >= 4 is 23.9 Å². The van der Waals surface area contributed by atoms with Gasteiger partial charge in [-0.05, 0) is 18.2 Å². The van der Waals surface area contributed by atoms with Crippen LogP contribution in [0.25, 0.3) is 0 Å². The summed E-state index contributed by atoms with van der Waals surface area (Å²) in [5.74, 6) is -7.37. The Morgan fingerprint density at radius 1 is 0.745 bits per heavy atom. The van der Waals surface area contributed by atoms with Crippen LogP contribution in [0.5, 0.6) is 28.7 Å². The van der Waals surface area contributed by atoms with Crippen LogP contribution < -0.4 is 9.84 Å². The van der Waals surface area contributed by atoms with Crippen molar-refractivity contribution in [2.45, 2.75) is 92.9 Å². The van der Waals surface area contributed by atoms with Crippen LogP contribution in [0.2, 0.25) is 0 Å². The zero-order valence-electron chi connectivity index (χ0n) is 28.3. The highest BCUT2D eigenvalue weighted by molar-refractivity contribution is 5.90. The van der Waals surface area contributed by atoms with Gasteiger partial charge in [-0.2, -0.15) is 0 Å². The summed E-state index contributed by atoms with van der Waals surface area (Å²) in [6.07, 6.45) is -23.0. The van der Waals surface area contributed by atoms with Crippen molar-refractivity contribution in [2.24, 2.45) is 0 Å². The van der Waals surface area contributed by atoms with E-state index in [1.54, 1.807) is 0 Å². The molecule has 22 heteroatoms. The Labute approximate surface area is 308 Å². The largest absolute Gasteiger partial charge is 0.575 e. The molecule has 3 aliphatic rings. The van der Waals surface area contributed by atoms with Crippen molar-refractivity contribution in [3.8, 4) is 28.7 Å². The number of hydrogen-bond donors (Lipinski definition) is 10. The monoisotopic (exact) mass is 786 g/mol. The summed E-state index contributed by atoms with van der Waals surface area (Å²) < 4.78 is 37.4. The van der Waals surface area contributed by atoms with Crippen molar-refractivity contribution in [1.29, 1.82) is 0 Å². The molecule has 0 radical (unpaired) electrons. The molecule has 0 spiro atoms. The zero-order valence-corrected chi connectivity index (χ0v) is 28.3. The molecule has 2 fully saturated rings. The number of rotatable bonds is 13. The summed E-state index contributed by atoms with van der Waals surface area (Å²) in [6, 6.07) is 5.92. The van der Waals surface area contributed by atoms with Crippen LogP contribution in [0.15, 0.2) is 30.3 Å². The zero-order chi connectivity index (χ0) is 40.3. The molecule has 0 saturated carbocycles. The first-order chi connectivity index (χ1) is 25.9. The summed E-state index contributed by atoms with van der Waals surface area (Å²) in [5.41, 5.74) is 0.334. The number of phenols is 3. The molecule has 12 atom stereocenters. The minimum atomic E-state index is -1.95. The number of aliphatic carboxylic acids is 2. The average molecular weight is 787 g/mol. The van der Waals surface area contributed by atoms with Gasteiger partial charge < -0.3 is 94.1 Å². The lowest BCUT2D eigenvalue weighted by Gasteiger charge is -2.42. The number of hydrogen-bond acceptors (Lipinski definition) is 20. The number of fused-ring (bicyclic) bond motifs is 1. The van der Waals surface area contributed by atoms with Crippen molar-refractivity contribution < 1.29 is 109 Å². The molecule has 55 heavy (non-hydrogen) atoms. The van der Waals surface area contributed by atoms with Crippen LogP contribution in [0.1, 0.15) is 30.1 Å². The lowest BCUT2D eigenvalue weighted by atomic mass is 9.93. The Hall–Kier alpha value is -5.04. The Bertz CT molecular complexity index is 1730. The third kappa shape index (κ3) is 9.62. The fraction of sp³-hybridized carbons (Fsp3) is 0.515. The van der Waals surface area contributed by atoms with Gasteiger partial charge in [0.25, 0.3) is 5.75 Å². The van der Waals surface area contributed by atoms with Gasteiger partial charge in [0.05, 0.1) is 24.0 Å². The van der Waals surface area contributed by atoms with Crippen molar-refractivity contribution in [1.82, 2.24) is 0 Å². The summed E-state index contributed by atoms with van der Waals surface area (Å²) in [7, 11) is 0. The van der Waals surface area contributed by atoms with Crippen LogP contribution in [0, 0.1) is 0 Å². The van der Waals surface area contributed by atoms with Crippen LogP contribution in [-0.2, 0) is 49.3 Å². The molecule has 0 bridgehead atoms. The van der Waals surface area contributed by atoms with Crippen molar-refractivity contribution in [3.05, 3.63) is 41.5 Å². The first-order valence-corrected chi connectivity index (χ1v) is 16.5. The molecule has 11 N–H and O–H groups in total. The molecule has 2 aromatic carbocycles. The van der Waals surface area contributed by atoms with E-state index in [4.69, 9.17) is 33.5 Å². The number of aromatic hydroxyl groups is 4. The number of carbonyl (C=O) groups is 4. The highest BCUT2D eigenvalue weighted by Gasteiger charge is 2.50. The van der Waals surface area contributed by atoms with E-state index in [0.29, 0.717) is 0 Å². The summed E-state index contributed by atoms with van der Waals surface area (Å²) in [4.78, 5) is 45.1. The van der Waals surface area contributed by atoms with Crippen LogP contribution >= 0.6 is 0 Å². The Morgan fingerprint density at radius 3 is 1.91 bits per heavy atom. The van der Waals surface area contributed by atoms with E-state index in [0.717, 1.165) is 18.2 Å². The van der Waals surface area contributed by atoms with E-state index in [9.17, 15) is 70.2 Å². The van der Waals surface area contributed by atoms with Crippen LogP contribution in [0.4, 0.5) is 0 Å². The molecule has 2 saturated heterocycles. The molecule has 5 rings (SSSR count). The van der Waals surface area contributed by atoms with Gasteiger partial charge in [-0.3, -0.25) is 14.4 Å². The van der Waals surface area contributed by atoms with Gasteiger partial charge in [0, 0.05) is 18.1 Å². The van der Waals surface area contributed by atoms with E-state index < -0.39 is 141 Å². The lowest BCUT2D eigenvalue weighted by Crippen LogP contribution is -2.60. The maximum atomic E-state index is 11.8. The van der Waals surface area contributed by atoms with Crippen LogP contribution in [0.3, 0.4) is 0 Å². The van der Waals surface area contributed by atoms with Gasteiger partial charge in [-0.1, -0.05) is 0 Å². The Balaban J connectivity index is 1.43. The second-order valence-electron chi connectivity index (χ2n) is 12.8. The number of benzene rings is 2. The van der Waals surface area contributed by atoms with E-state index in [1.807, 2.05) is 0 Å². The van der Waals surface area contributed by atoms with Gasteiger partial charge in [0.15, 0.2) is 23.9 Å². The number of esters is 2. The molecule has 302 valence electrons. The molecular formula is C33H38O22. The topological polar surface area (TPSA) is 362 Å². The predicted molar refractivity (Wildman–Crippen MR) is 169 cm³/mol. The standard InChI is InChI=1S/C33H38O22/c34-12-4-16-13(17(5-12)52-32-29(47)27(45)25(43)19(54-32)9-49-23(41)7-21(37)38)6-18(31(51-16)11-1-2-14(35)15(36)3-11)53-33-30(48)28(46)26(44)20(55-33)10-50-24(42)8-22(39)40/h1-5,18-20,25-36,43-48H,6-10H2,(H,37,38)(H,39,40)/t18-,19-,20-,25-,26-,27+,28+,29-,30-,31?,32-,33+/m1/s1. The molecule has 22 nitrogen and oxygen atoms in total. The van der Waals surface area contributed by atoms with E-state index >= 15 is 0 Å². The maximum absolute atomic E-state index is 11.8. The first kappa shape index (κ1) is 41.1. The van der Waals surface area contributed by atoms with Gasteiger partial charge in [0.1, 0.15) is 80.0 Å². The number of carbonyl (C=O) groups excluding carboxylic acids is 3. The van der Waals surface area contributed by atoms with E-state index in [-0.39, 0.29) is 29.0 Å². The third-order valence-corrected chi connectivity index (χ3v) is 8.84. The second-order valence-corrected chi connectivity index (χ2v) is 12.8. The summed E-state index contributed by atoms with van der Waals surface area (Å²) >= 11 is 0. The van der Waals surface area contributed by atoms with Gasteiger partial charge >= 0.3 is 17.9 Å². The molecule has 0 aromatic heterocycles. The van der Waals surface area contributed by atoms with Crippen molar-refractivity contribution in [3.63, 3.8) is 0 Å². The quantitative estimate of drug-likeness (QED) is 0.0395. The average Bonchev–Trinajstić information content (AvgIpc) is 3.11. The SMILES string of the molecule is O=C([O-])CC(=O)OC[C@H]1O[C@H](O[C@@H]2Cc3c(O[C@@H]4O[C@H](COC(=O)CC(=O)O)[C@@H](O)[C@H](O)[C@H]4O)cc(O)cc3[OH+]C2c2ccc(O)c(O)c2)[C@H](O)[C@@H](O)[C@@H]1O. The second kappa shape index (κ2) is 17.2. The smallest absolute Gasteiger partial charge is 0.317 e. The fourth-order valence-electron chi connectivity index (χ4n) is 6.03. The molecular weight excluding hydrogens is 748 g/mol. The molecule has 3 heterocycles. The highest BCUT2D eigenvalue weighted by atomic mass is 16.7. The molecule has 1 unspecified atom stereocenters. The van der Waals surface area contributed by atoms with Gasteiger partial charge in [-0.15, -0.1) is 0 Å². The molecule has 0 aliphatic carbocycles. The number of phenolic OH excluding ortho intramolecular Hbond substituents is 3. The van der Waals surface area contributed by atoms with E-state index in [2.05, 4.69) is 4.74 Å². The molecule has 2 aromatic rings.